The maximum Gasteiger partial charge on any atom is 0.341 e. The van der Waals surface area contributed by atoms with Crippen LogP contribution in [0.15, 0.2) is 71.8 Å². The number of aromatic nitrogens is 5. The number of H-pyrrole nitrogens is 2. The second kappa shape index (κ2) is 7.56. The van der Waals surface area contributed by atoms with Crippen molar-refractivity contribution in [3.05, 3.63) is 94.3 Å². The molecule has 5 rings (SSSR count). The lowest BCUT2D eigenvalue weighted by molar-refractivity contribution is 0.0600. The summed E-state index contributed by atoms with van der Waals surface area (Å²) in [5.74, 6) is 0.162. The Morgan fingerprint density at radius 2 is 1.87 bits per heavy atom. The molecular weight excluding hydrogens is 394 g/mol. The number of hydrogen-bond donors (Lipinski definition) is 2. The first-order valence-electron chi connectivity index (χ1n) is 9.81. The van der Waals surface area contributed by atoms with E-state index in [-0.39, 0.29) is 22.9 Å². The third kappa shape index (κ3) is 3.38. The fourth-order valence-corrected chi connectivity index (χ4v) is 3.81. The number of nitrogens with zero attached hydrogens (tertiary/aromatic N) is 3. The third-order valence-corrected chi connectivity index (χ3v) is 5.34. The number of rotatable bonds is 5. The van der Waals surface area contributed by atoms with Crippen LogP contribution in [0.2, 0.25) is 0 Å². The number of benzene rings is 2. The van der Waals surface area contributed by atoms with Crippen LogP contribution in [0.25, 0.3) is 22.3 Å². The lowest BCUT2D eigenvalue weighted by Crippen LogP contribution is -2.19. The monoisotopic (exact) mass is 413 g/mol. The van der Waals surface area contributed by atoms with E-state index >= 15 is 0 Å². The summed E-state index contributed by atoms with van der Waals surface area (Å²) in [4.78, 5) is 32.9. The molecule has 3 heterocycles. The molecule has 8 heteroatoms. The minimum Gasteiger partial charge on any atom is -0.465 e. The molecule has 8 nitrogen and oxygen atoms in total. The van der Waals surface area contributed by atoms with Gasteiger partial charge in [-0.3, -0.25) is 4.79 Å². The molecule has 31 heavy (non-hydrogen) atoms. The SMILES string of the molecule is COC(=O)c1cn(C(Cc2ccccc2)c2nc3ccccc3[nH]2)cc2c(=O)[nH]nc1-2. The van der Waals surface area contributed by atoms with Gasteiger partial charge < -0.3 is 14.3 Å². The van der Waals surface area contributed by atoms with Gasteiger partial charge in [-0.05, 0) is 17.7 Å². The highest BCUT2D eigenvalue weighted by Gasteiger charge is 2.26. The van der Waals surface area contributed by atoms with Gasteiger partial charge in [0.25, 0.3) is 5.56 Å². The molecule has 2 aliphatic heterocycles. The summed E-state index contributed by atoms with van der Waals surface area (Å²) in [7, 11) is 1.30. The minimum atomic E-state index is -0.561. The van der Waals surface area contributed by atoms with Crippen molar-refractivity contribution in [2.45, 2.75) is 12.5 Å². The molecule has 0 saturated carbocycles. The van der Waals surface area contributed by atoms with Gasteiger partial charge in [0.05, 0.1) is 29.7 Å². The van der Waals surface area contributed by atoms with Crippen LogP contribution in [-0.4, -0.2) is 37.8 Å². The Balaban J connectivity index is 1.71. The Bertz CT molecular complexity index is 1370. The van der Waals surface area contributed by atoms with Gasteiger partial charge >= 0.3 is 5.97 Å². The number of carbonyl (C=O) groups excluding carboxylic acids is 1. The van der Waals surface area contributed by atoms with E-state index in [1.54, 1.807) is 12.4 Å². The Labute approximate surface area is 176 Å². The van der Waals surface area contributed by atoms with Gasteiger partial charge in [0.15, 0.2) is 0 Å². The number of pyridine rings is 1. The average Bonchev–Trinajstić information content (AvgIpc) is 3.40. The van der Waals surface area contributed by atoms with Gasteiger partial charge in [-0.1, -0.05) is 42.5 Å². The molecule has 2 N–H and O–H groups in total. The van der Waals surface area contributed by atoms with Crippen molar-refractivity contribution < 1.29 is 9.53 Å². The zero-order valence-corrected chi connectivity index (χ0v) is 16.7. The number of hydrogen-bond acceptors (Lipinski definition) is 5. The second-order valence-corrected chi connectivity index (χ2v) is 7.27. The van der Waals surface area contributed by atoms with Crippen molar-refractivity contribution in [2.24, 2.45) is 0 Å². The van der Waals surface area contributed by atoms with Gasteiger partial charge in [0, 0.05) is 18.8 Å². The first-order valence-corrected chi connectivity index (χ1v) is 9.81. The van der Waals surface area contributed by atoms with Crippen LogP contribution in [0.5, 0.6) is 0 Å². The van der Waals surface area contributed by atoms with E-state index in [0.29, 0.717) is 12.0 Å². The highest BCUT2D eigenvalue weighted by Crippen LogP contribution is 2.28. The largest absolute Gasteiger partial charge is 0.465 e. The molecule has 0 bridgehead atoms. The molecule has 2 aliphatic rings. The first-order chi connectivity index (χ1) is 15.1. The van der Waals surface area contributed by atoms with E-state index in [0.717, 1.165) is 22.4 Å². The molecular formula is C23H19N5O3. The molecule has 0 saturated heterocycles. The zero-order valence-electron chi connectivity index (χ0n) is 16.7. The van der Waals surface area contributed by atoms with Crippen molar-refractivity contribution in [2.75, 3.05) is 7.11 Å². The number of esters is 1. The molecule has 0 radical (unpaired) electrons. The Morgan fingerprint density at radius 1 is 1.10 bits per heavy atom. The van der Waals surface area contributed by atoms with E-state index in [1.807, 2.05) is 59.2 Å². The number of para-hydroxylation sites is 2. The molecule has 0 spiro atoms. The fraction of sp³-hybridized carbons (Fsp3) is 0.130. The molecule has 0 fully saturated rings. The quantitative estimate of drug-likeness (QED) is 0.431. The van der Waals surface area contributed by atoms with Crippen molar-refractivity contribution >= 4 is 17.0 Å². The Hall–Kier alpha value is -4.20. The molecule has 154 valence electrons. The Kier molecular flexibility index (Phi) is 4.59. The van der Waals surface area contributed by atoms with Crippen LogP contribution < -0.4 is 5.56 Å². The van der Waals surface area contributed by atoms with Crippen molar-refractivity contribution in [3.63, 3.8) is 0 Å². The van der Waals surface area contributed by atoms with Gasteiger partial charge in [-0.25, -0.2) is 14.9 Å². The van der Waals surface area contributed by atoms with Crippen LogP contribution in [0.4, 0.5) is 0 Å². The fourth-order valence-electron chi connectivity index (χ4n) is 3.81. The first kappa shape index (κ1) is 18.8. The van der Waals surface area contributed by atoms with Crippen LogP contribution >= 0.6 is 0 Å². The van der Waals surface area contributed by atoms with Crippen molar-refractivity contribution in [1.82, 2.24) is 24.7 Å². The third-order valence-electron chi connectivity index (χ3n) is 5.34. The summed E-state index contributed by atoms with van der Waals surface area (Å²) >= 11 is 0. The number of carbonyl (C=O) groups is 1. The minimum absolute atomic E-state index is 0.215. The molecule has 1 unspecified atom stereocenters. The van der Waals surface area contributed by atoms with Crippen LogP contribution in [0, 0.1) is 0 Å². The molecule has 0 aliphatic carbocycles. The highest BCUT2D eigenvalue weighted by atomic mass is 16.5. The van der Waals surface area contributed by atoms with Gasteiger partial charge in [0.2, 0.25) is 0 Å². The van der Waals surface area contributed by atoms with Crippen LogP contribution in [0.1, 0.15) is 27.8 Å². The van der Waals surface area contributed by atoms with E-state index in [1.165, 1.54) is 7.11 Å². The number of methoxy groups -OCH3 is 1. The highest BCUT2D eigenvalue weighted by molar-refractivity contribution is 5.96. The number of nitrogens with one attached hydrogen (secondary N) is 2. The molecule has 1 aromatic heterocycles. The number of aromatic amines is 2. The number of imidazole rings is 1. The Morgan fingerprint density at radius 3 is 2.65 bits per heavy atom. The normalized spacial score (nSPS) is 12.3. The lowest BCUT2D eigenvalue weighted by atomic mass is 10.0. The predicted octanol–water partition coefficient (Wildman–Crippen LogP) is 3.17. The van der Waals surface area contributed by atoms with Crippen molar-refractivity contribution in [3.8, 4) is 11.3 Å². The van der Waals surface area contributed by atoms with Gasteiger partial charge in [-0.2, -0.15) is 5.10 Å². The maximum atomic E-state index is 12.4. The molecule has 0 amide bonds. The average molecular weight is 413 g/mol. The maximum absolute atomic E-state index is 12.4. The predicted molar refractivity (Wildman–Crippen MR) is 115 cm³/mol. The van der Waals surface area contributed by atoms with E-state index < -0.39 is 5.97 Å². The number of ether oxygens (including phenoxy) is 1. The summed E-state index contributed by atoms with van der Waals surface area (Å²) in [6, 6.07) is 17.5. The van der Waals surface area contributed by atoms with E-state index in [9.17, 15) is 9.59 Å². The van der Waals surface area contributed by atoms with E-state index in [4.69, 9.17) is 9.72 Å². The summed E-state index contributed by atoms with van der Waals surface area (Å²) in [5, 5.41) is 6.43. The van der Waals surface area contributed by atoms with Gasteiger partial charge in [0.1, 0.15) is 17.1 Å². The molecule has 1 atom stereocenters. The van der Waals surface area contributed by atoms with Crippen LogP contribution in [-0.2, 0) is 11.2 Å². The molecule has 2 aromatic carbocycles. The summed E-state index contributed by atoms with van der Waals surface area (Å²) in [6.07, 6.45) is 3.97. The summed E-state index contributed by atoms with van der Waals surface area (Å²) < 4.78 is 6.76. The standard InChI is InChI=1S/C23H19N5O3/c1-31-23(30)16-13-28(12-15-20(16)26-27-22(15)29)19(11-14-7-3-2-4-8-14)21-24-17-9-5-6-10-18(17)25-21/h2-10,12-13,19H,11H2,1H3,(H,24,25)(H,27,29). The van der Waals surface area contributed by atoms with Crippen molar-refractivity contribution in [1.29, 1.82) is 0 Å². The summed E-state index contributed by atoms with van der Waals surface area (Å²) in [5.41, 5.74) is 3.31. The van der Waals surface area contributed by atoms with Gasteiger partial charge in [-0.15, -0.1) is 0 Å². The second-order valence-electron chi connectivity index (χ2n) is 7.27. The number of fused-ring (bicyclic) bond motifs is 2. The zero-order chi connectivity index (χ0) is 21.4. The topological polar surface area (TPSA) is 106 Å². The smallest absolute Gasteiger partial charge is 0.341 e. The van der Waals surface area contributed by atoms with E-state index in [2.05, 4.69) is 15.2 Å². The lowest BCUT2D eigenvalue weighted by Gasteiger charge is -2.21. The van der Waals surface area contributed by atoms with Crippen LogP contribution in [0.3, 0.4) is 0 Å². The molecule has 3 aromatic rings. The summed E-state index contributed by atoms with van der Waals surface area (Å²) in [6.45, 7) is 0.